The van der Waals surface area contributed by atoms with E-state index in [0.717, 1.165) is 39.4 Å². The Bertz CT molecular complexity index is 1350. The molecule has 3 aromatic heterocycles. The van der Waals surface area contributed by atoms with Gasteiger partial charge in [-0.05, 0) is 49.6 Å². The molecule has 9 nitrogen and oxygen atoms in total. The summed E-state index contributed by atoms with van der Waals surface area (Å²) in [5.41, 5.74) is 5.07. The van der Waals surface area contributed by atoms with Crippen LogP contribution in [0.3, 0.4) is 0 Å². The highest BCUT2D eigenvalue weighted by Gasteiger charge is 2.17. The quantitative estimate of drug-likeness (QED) is 0.294. The summed E-state index contributed by atoms with van der Waals surface area (Å²) in [7, 11) is 0. The Morgan fingerprint density at radius 2 is 1.83 bits per heavy atom. The normalized spacial score (nSPS) is 10.6. The summed E-state index contributed by atoms with van der Waals surface area (Å²) in [6.07, 6.45) is 9.08. The number of carbonyl (C=O) groups is 1. The van der Waals surface area contributed by atoms with Crippen molar-refractivity contribution in [2.75, 3.05) is 18.5 Å². The summed E-state index contributed by atoms with van der Waals surface area (Å²) >= 11 is 1.32. The van der Waals surface area contributed by atoms with Crippen LogP contribution in [0.4, 0.5) is 9.93 Å². The van der Waals surface area contributed by atoms with Crippen molar-refractivity contribution >= 4 is 22.5 Å². The van der Waals surface area contributed by atoms with Gasteiger partial charge in [0.2, 0.25) is 0 Å². The van der Waals surface area contributed by atoms with Crippen molar-refractivity contribution in [3.05, 3.63) is 66.8 Å². The average molecular weight is 502 g/mol. The maximum atomic E-state index is 12.0. The van der Waals surface area contributed by atoms with Gasteiger partial charge in [-0.15, -0.1) is 6.58 Å². The molecule has 0 aliphatic rings. The molecule has 36 heavy (non-hydrogen) atoms. The molecule has 0 saturated heterocycles. The summed E-state index contributed by atoms with van der Waals surface area (Å²) in [4.78, 5) is 35.3. The minimum absolute atomic E-state index is 0.351. The number of nitrogens with zero attached hydrogens (tertiary/aromatic N) is 5. The van der Waals surface area contributed by atoms with Crippen molar-refractivity contribution in [2.45, 2.75) is 27.2 Å². The van der Waals surface area contributed by atoms with Crippen molar-refractivity contribution < 1.29 is 9.53 Å². The lowest BCUT2D eigenvalue weighted by Crippen LogP contribution is -2.28. The van der Waals surface area contributed by atoms with Gasteiger partial charge in [0, 0.05) is 30.7 Å². The number of thiazole rings is 1. The second kappa shape index (κ2) is 11.5. The summed E-state index contributed by atoms with van der Waals surface area (Å²) in [5.74, 6) is 1.29. The first-order chi connectivity index (χ1) is 17.5. The summed E-state index contributed by atoms with van der Waals surface area (Å²) < 4.78 is 5.85. The molecule has 0 aliphatic heterocycles. The van der Waals surface area contributed by atoms with Crippen LogP contribution in [0.25, 0.3) is 33.3 Å². The van der Waals surface area contributed by atoms with Crippen molar-refractivity contribution in [3.63, 3.8) is 0 Å². The number of hydrogen-bond acceptors (Lipinski definition) is 8. The molecule has 0 saturated carbocycles. The number of amides is 2. The molecule has 184 valence electrons. The average Bonchev–Trinajstić information content (AvgIpc) is 3.34. The van der Waals surface area contributed by atoms with Gasteiger partial charge >= 0.3 is 6.03 Å². The number of benzene rings is 1. The zero-order valence-corrected chi connectivity index (χ0v) is 21.2. The largest absolute Gasteiger partial charge is 0.494 e. The number of aryl methyl sites for hydroxylation is 2. The van der Waals surface area contributed by atoms with E-state index in [9.17, 15) is 4.79 Å². The highest BCUT2D eigenvalue weighted by Crippen LogP contribution is 2.35. The molecule has 0 atom stereocenters. The van der Waals surface area contributed by atoms with Gasteiger partial charge in [-0.3, -0.25) is 10.3 Å². The van der Waals surface area contributed by atoms with Crippen molar-refractivity contribution in [1.82, 2.24) is 30.2 Å². The summed E-state index contributed by atoms with van der Waals surface area (Å²) in [5, 5.41) is 5.85. The Morgan fingerprint density at radius 3 is 2.53 bits per heavy atom. The van der Waals surface area contributed by atoms with E-state index in [-0.39, 0.29) is 6.03 Å². The van der Waals surface area contributed by atoms with E-state index in [4.69, 9.17) is 14.7 Å². The Kier molecular flexibility index (Phi) is 7.96. The molecule has 4 rings (SSSR count). The van der Waals surface area contributed by atoms with Crippen LogP contribution in [0.15, 0.2) is 55.6 Å². The molecular weight excluding hydrogens is 474 g/mol. The highest BCUT2D eigenvalue weighted by atomic mass is 32.1. The number of carbonyl (C=O) groups excluding carboxylic acids is 1. The van der Waals surface area contributed by atoms with E-state index in [1.54, 1.807) is 30.9 Å². The van der Waals surface area contributed by atoms with Crippen LogP contribution in [0.2, 0.25) is 0 Å². The fourth-order valence-corrected chi connectivity index (χ4v) is 4.39. The monoisotopic (exact) mass is 501 g/mol. The number of rotatable bonds is 9. The molecule has 0 fully saturated rings. The lowest BCUT2D eigenvalue weighted by Gasteiger charge is -2.14. The third-order valence-corrected chi connectivity index (χ3v) is 6.07. The fourth-order valence-electron chi connectivity index (χ4n) is 3.62. The lowest BCUT2D eigenvalue weighted by atomic mass is 9.98. The van der Waals surface area contributed by atoms with E-state index < -0.39 is 0 Å². The lowest BCUT2D eigenvalue weighted by molar-refractivity contribution is 0.253. The van der Waals surface area contributed by atoms with Gasteiger partial charge in [0.1, 0.15) is 11.4 Å². The number of ether oxygens (including phenoxy) is 1. The standard InChI is InChI=1S/C26H27N7O2S/c1-5-7-29-25(34)33-26-30-15-22(36-26)19-13-20(32-24(31-19)21-14-27-8-9-28-21)23-16(3)11-18(12-17(23)4)35-10-6-2/h5,8-9,11-15H,1,6-7,10H2,2-4H3,(H2,29,30,33,34). The summed E-state index contributed by atoms with van der Waals surface area (Å²) in [6.45, 7) is 10.8. The molecule has 2 N–H and O–H groups in total. The van der Waals surface area contributed by atoms with Crippen LogP contribution < -0.4 is 15.4 Å². The first-order valence-corrected chi connectivity index (χ1v) is 12.3. The molecule has 10 heteroatoms. The van der Waals surface area contributed by atoms with Gasteiger partial charge in [-0.25, -0.2) is 24.7 Å². The molecule has 0 spiro atoms. The molecule has 0 unspecified atom stereocenters. The van der Waals surface area contributed by atoms with E-state index in [0.29, 0.717) is 35.5 Å². The fraction of sp³-hybridized carbons (Fsp3) is 0.231. The molecular formula is C26H27N7O2S. The molecule has 2 amide bonds. The van der Waals surface area contributed by atoms with Gasteiger partial charge in [-0.1, -0.05) is 24.3 Å². The number of hydrogen-bond donors (Lipinski definition) is 2. The maximum Gasteiger partial charge on any atom is 0.321 e. The number of nitrogens with one attached hydrogen (secondary N) is 2. The highest BCUT2D eigenvalue weighted by molar-refractivity contribution is 7.19. The van der Waals surface area contributed by atoms with Crippen molar-refractivity contribution in [3.8, 4) is 39.1 Å². The smallest absolute Gasteiger partial charge is 0.321 e. The predicted molar refractivity (Wildman–Crippen MR) is 142 cm³/mol. The maximum absolute atomic E-state index is 12.0. The van der Waals surface area contributed by atoms with Crippen LogP contribution in [0.1, 0.15) is 24.5 Å². The Morgan fingerprint density at radius 1 is 1.06 bits per heavy atom. The molecule has 0 aliphatic carbocycles. The predicted octanol–water partition coefficient (Wildman–Crippen LogP) is 5.44. The zero-order chi connectivity index (χ0) is 25.5. The van der Waals surface area contributed by atoms with Crippen LogP contribution in [0, 0.1) is 13.8 Å². The van der Waals surface area contributed by atoms with Crippen LogP contribution in [-0.2, 0) is 0 Å². The van der Waals surface area contributed by atoms with Gasteiger partial charge in [0.25, 0.3) is 0 Å². The van der Waals surface area contributed by atoms with E-state index >= 15 is 0 Å². The molecule has 1 aromatic carbocycles. The van der Waals surface area contributed by atoms with Crippen LogP contribution >= 0.6 is 11.3 Å². The van der Waals surface area contributed by atoms with Crippen molar-refractivity contribution in [1.29, 1.82) is 0 Å². The third kappa shape index (κ3) is 5.89. The van der Waals surface area contributed by atoms with E-state index in [1.807, 2.05) is 32.0 Å². The van der Waals surface area contributed by atoms with Gasteiger partial charge in [-0.2, -0.15) is 0 Å². The number of urea groups is 1. The second-order valence-electron chi connectivity index (χ2n) is 7.99. The zero-order valence-electron chi connectivity index (χ0n) is 20.4. The molecule has 4 aromatic rings. The first-order valence-electron chi connectivity index (χ1n) is 11.5. The van der Waals surface area contributed by atoms with Crippen LogP contribution in [0.5, 0.6) is 5.75 Å². The first kappa shape index (κ1) is 24.9. The topological polar surface area (TPSA) is 115 Å². The second-order valence-corrected chi connectivity index (χ2v) is 9.02. The van der Waals surface area contributed by atoms with Gasteiger partial charge < -0.3 is 10.1 Å². The minimum atomic E-state index is -0.351. The SMILES string of the molecule is C=CCNC(=O)Nc1ncc(-c2cc(-c3c(C)cc(OCCC)cc3C)nc(-c3cnccn3)n2)s1. The number of anilines is 1. The van der Waals surface area contributed by atoms with Crippen molar-refractivity contribution in [2.24, 2.45) is 0 Å². The van der Waals surface area contributed by atoms with Gasteiger partial charge in [0.05, 0.1) is 29.1 Å². The van der Waals surface area contributed by atoms with Crippen LogP contribution in [-0.4, -0.2) is 44.1 Å². The Balaban J connectivity index is 1.76. The molecule has 3 heterocycles. The van der Waals surface area contributed by atoms with Gasteiger partial charge in [0.15, 0.2) is 11.0 Å². The Labute approximate surface area is 213 Å². The van der Waals surface area contributed by atoms with E-state index in [2.05, 4.69) is 39.1 Å². The third-order valence-electron chi connectivity index (χ3n) is 5.14. The number of aromatic nitrogens is 5. The molecule has 0 bridgehead atoms. The summed E-state index contributed by atoms with van der Waals surface area (Å²) in [6, 6.07) is 5.63. The van der Waals surface area contributed by atoms with E-state index in [1.165, 1.54) is 11.3 Å². The Hall–Kier alpha value is -4.18. The minimum Gasteiger partial charge on any atom is -0.494 e. The molecule has 0 radical (unpaired) electrons.